The molecule has 0 radical (unpaired) electrons. The second kappa shape index (κ2) is 8.99. The number of hydrogen-bond acceptors (Lipinski definition) is 5. The highest BCUT2D eigenvalue weighted by atomic mass is 16.5. The monoisotopic (exact) mass is 295 g/mol. The van der Waals surface area contributed by atoms with Crippen LogP contribution in [0.15, 0.2) is 24.8 Å². The van der Waals surface area contributed by atoms with E-state index in [1.54, 1.807) is 32.4 Å². The zero-order valence-corrected chi connectivity index (χ0v) is 12.4. The Morgan fingerprint density at radius 1 is 1.05 bits per heavy atom. The lowest BCUT2D eigenvalue weighted by molar-refractivity contribution is -0.112. The van der Waals surface area contributed by atoms with Crippen molar-refractivity contribution in [1.29, 1.82) is 0 Å². The molecule has 0 saturated heterocycles. The molecule has 0 bridgehead atoms. The van der Waals surface area contributed by atoms with Crippen LogP contribution >= 0.6 is 0 Å². The van der Waals surface area contributed by atoms with E-state index in [2.05, 4.69) is 6.58 Å². The highest BCUT2D eigenvalue weighted by molar-refractivity contribution is 6.17. The molecule has 0 unspecified atom stereocenters. The first-order valence-corrected chi connectivity index (χ1v) is 6.46. The molecule has 21 heavy (non-hydrogen) atoms. The van der Waals surface area contributed by atoms with E-state index in [1.165, 1.54) is 0 Å². The van der Waals surface area contributed by atoms with E-state index in [-0.39, 0.29) is 5.57 Å². The van der Waals surface area contributed by atoms with E-state index in [4.69, 9.17) is 24.7 Å². The molecule has 0 aromatic heterocycles. The van der Waals surface area contributed by atoms with Gasteiger partial charge in [-0.15, -0.1) is 0 Å². The molecular weight excluding hydrogens is 274 g/mol. The Balaban J connectivity index is 2.90. The highest BCUT2D eigenvalue weighted by Crippen LogP contribution is 2.30. The van der Waals surface area contributed by atoms with Gasteiger partial charge in [0, 0.05) is 19.8 Å². The summed E-state index contributed by atoms with van der Waals surface area (Å²) in [7, 11) is 3.18. The van der Waals surface area contributed by atoms with Crippen LogP contribution in [-0.4, -0.2) is 46.6 Å². The van der Waals surface area contributed by atoms with Crippen molar-refractivity contribution in [3.05, 3.63) is 30.3 Å². The topological polar surface area (TPSA) is 80.0 Å². The summed E-state index contributed by atoms with van der Waals surface area (Å²) in [4.78, 5) is 11.2. The molecule has 6 heteroatoms. The Morgan fingerprint density at radius 2 is 1.62 bits per heavy atom. The minimum atomic E-state index is -0.578. The smallest absolute Gasteiger partial charge is 0.248 e. The summed E-state index contributed by atoms with van der Waals surface area (Å²) >= 11 is 0. The minimum absolute atomic E-state index is 0.218. The maximum absolute atomic E-state index is 11.2. The fourth-order valence-electron chi connectivity index (χ4n) is 1.54. The molecule has 0 atom stereocenters. The standard InChI is InChI=1S/C15H21NO5/c1-11(15(16)17)12-4-5-13(20-8-6-18-2)14(10-12)21-9-7-19-3/h4-5,10H,1,6-9H2,2-3H3,(H2,16,17). The van der Waals surface area contributed by atoms with Gasteiger partial charge in [-0.25, -0.2) is 0 Å². The average Bonchev–Trinajstić information content (AvgIpc) is 2.48. The molecule has 0 aliphatic rings. The van der Waals surface area contributed by atoms with Crippen LogP contribution < -0.4 is 15.2 Å². The van der Waals surface area contributed by atoms with Gasteiger partial charge < -0.3 is 24.7 Å². The summed E-state index contributed by atoms with van der Waals surface area (Å²) in [6.45, 7) is 5.32. The molecule has 1 rings (SSSR count). The van der Waals surface area contributed by atoms with E-state index < -0.39 is 5.91 Å². The molecule has 1 amide bonds. The van der Waals surface area contributed by atoms with Crippen molar-refractivity contribution in [2.24, 2.45) is 5.73 Å². The Hall–Kier alpha value is -2.05. The molecule has 6 nitrogen and oxygen atoms in total. The minimum Gasteiger partial charge on any atom is -0.487 e. The lowest BCUT2D eigenvalue weighted by Crippen LogP contribution is -2.13. The fraction of sp³-hybridized carbons (Fsp3) is 0.400. The molecule has 2 N–H and O–H groups in total. The summed E-state index contributed by atoms with van der Waals surface area (Å²) in [5, 5.41) is 0. The summed E-state index contributed by atoms with van der Waals surface area (Å²) in [5.41, 5.74) is 6.04. The van der Waals surface area contributed by atoms with Gasteiger partial charge in [0.05, 0.1) is 13.2 Å². The van der Waals surface area contributed by atoms with Crippen molar-refractivity contribution in [2.45, 2.75) is 0 Å². The number of primary amides is 1. The summed E-state index contributed by atoms with van der Waals surface area (Å²) in [5.74, 6) is 0.484. The first kappa shape index (κ1) is 17.0. The van der Waals surface area contributed by atoms with Crippen molar-refractivity contribution in [3.8, 4) is 11.5 Å². The molecule has 0 spiro atoms. The van der Waals surface area contributed by atoms with Crippen LogP contribution in [0.25, 0.3) is 5.57 Å². The van der Waals surface area contributed by atoms with Crippen LogP contribution in [0.5, 0.6) is 11.5 Å². The summed E-state index contributed by atoms with van der Waals surface area (Å²) < 4.78 is 21.0. The van der Waals surface area contributed by atoms with Crippen LogP contribution in [0.4, 0.5) is 0 Å². The van der Waals surface area contributed by atoms with Crippen LogP contribution in [-0.2, 0) is 14.3 Å². The largest absolute Gasteiger partial charge is 0.487 e. The van der Waals surface area contributed by atoms with Gasteiger partial charge in [-0.2, -0.15) is 0 Å². The third-order valence-corrected chi connectivity index (χ3v) is 2.68. The normalized spacial score (nSPS) is 10.2. The van der Waals surface area contributed by atoms with E-state index in [1.807, 2.05) is 0 Å². The van der Waals surface area contributed by atoms with Gasteiger partial charge in [-0.3, -0.25) is 4.79 Å². The molecule has 1 aromatic carbocycles. The third kappa shape index (κ3) is 5.45. The lowest BCUT2D eigenvalue weighted by Gasteiger charge is -2.14. The van der Waals surface area contributed by atoms with Gasteiger partial charge in [0.15, 0.2) is 11.5 Å². The quantitative estimate of drug-likeness (QED) is 0.519. The number of hydrogen-bond donors (Lipinski definition) is 1. The molecular formula is C15H21NO5. The van der Waals surface area contributed by atoms with Gasteiger partial charge in [-0.05, 0) is 17.7 Å². The van der Waals surface area contributed by atoms with Crippen LogP contribution in [0.3, 0.4) is 0 Å². The Kier molecular flexibility index (Phi) is 7.28. The Labute approximate surface area is 124 Å². The molecule has 1 aromatic rings. The maximum atomic E-state index is 11.2. The number of ether oxygens (including phenoxy) is 4. The number of carbonyl (C=O) groups is 1. The van der Waals surface area contributed by atoms with E-state index >= 15 is 0 Å². The lowest BCUT2D eigenvalue weighted by atomic mass is 10.1. The zero-order valence-electron chi connectivity index (χ0n) is 12.4. The van der Waals surface area contributed by atoms with Crippen LogP contribution in [0, 0.1) is 0 Å². The van der Waals surface area contributed by atoms with Gasteiger partial charge in [0.25, 0.3) is 0 Å². The van der Waals surface area contributed by atoms with E-state index in [0.717, 1.165) is 0 Å². The van der Waals surface area contributed by atoms with Gasteiger partial charge in [0.1, 0.15) is 13.2 Å². The molecule has 0 heterocycles. The van der Waals surface area contributed by atoms with Crippen LogP contribution in [0.2, 0.25) is 0 Å². The average molecular weight is 295 g/mol. The van der Waals surface area contributed by atoms with E-state index in [0.29, 0.717) is 43.5 Å². The Bertz CT molecular complexity index is 487. The molecule has 0 aliphatic heterocycles. The number of carbonyl (C=O) groups excluding carboxylic acids is 1. The summed E-state index contributed by atoms with van der Waals surface area (Å²) in [6.07, 6.45) is 0. The third-order valence-electron chi connectivity index (χ3n) is 2.68. The first-order valence-electron chi connectivity index (χ1n) is 6.46. The maximum Gasteiger partial charge on any atom is 0.248 e. The van der Waals surface area contributed by atoms with Crippen LogP contribution in [0.1, 0.15) is 5.56 Å². The fourth-order valence-corrected chi connectivity index (χ4v) is 1.54. The second-order valence-electron chi connectivity index (χ2n) is 4.19. The molecule has 0 saturated carbocycles. The highest BCUT2D eigenvalue weighted by Gasteiger charge is 2.11. The second-order valence-corrected chi connectivity index (χ2v) is 4.19. The van der Waals surface area contributed by atoms with Crippen molar-refractivity contribution >= 4 is 11.5 Å². The zero-order chi connectivity index (χ0) is 15.7. The predicted octanol–water partition coefficient (Wildman–Crippen LogP) is 1.24. The van der Waals surface area contributed by atoms with Gasteiger partial charge in [-0.1, -0.05) is 12.6 Å². The van der Waals surface area contributed by atoms with Crippen molar-refractivity contribution in [1.82, 2.24) is 0 Å². The number of amides is 1. The first-order chi connectivity index (χ1) is 10.1. The Morgan fingerprint density at radius 3 is 2.14 bits per heavy atom. The molecule has 0 fully saturated rings. The number of benzene rings is 1. The van der Waals surface area contributed by atoms with E-state index in [9.17, 15) is 4.79 Å². The predicted molar refractivity (Wildman–Crippen MR) is 79.4 cm³/mol. The number of rotatable bonds is 10. The van der Waals surface area contributed by atoms with Gasteiger partial charge in [0.2, 0.25) is 5.91 Å². The van der Waals surface area contributed by atoms with Crippen molar-refractivity contribution in [2.75, 3.05) is 40.6 Å². The summed E-state index contributed by atoms with van der Waals surface area (Å²) in [6, 6.07) is 5.09. The number of nitrogens with two attached hydrogens (primary N) is 1. The van der Waals surface area contributed by atoms with Crippen molar-refractivity contribution < 1.29 is 23.7 Å². The van der Waals surface area contributed by atoms with Gasteiger partial charge >= 0.3 is 0 Å². The molecule has 116 valence electrons. The SMILES string of the molecule is C=C(C(N)=O)c1ccc(OCCOC)c(OCCOC)c1. The van der Waals surface area contributed by atoms with Crippen molar-refractivity contribution in [3.63, 3.8) is 0 Å². The number of methoxy groups -OCH3 is 2. The molecule has 0 aliphatic carbocycles.